The molecule has 0 aliphatic rings. The van der Waals surface area contributed by atoms with E-state index in [1.165, 1.54) is 11.1 Å². The number of benzene rings is 2. The lowest BCUT2D eigenvalue weighted by molar-refractivity contribution is 0.476. The lowest BCUT2D eigenvalue weighted by Crippen LogP contribution is -2.38. The summed E-state index contributed by atoms with van der Waals surface area (Å²) in [6.45, 7) is 1.63. The molecule has 0 spiro atoms. The van der Waals surface area contributed by atoms with Crippen molar-refractivity contribution in [2.75, 3.05) is 14.1 Å². The second-order valence-corrected chi connectivity index (χ2v) is 4.73. The zero-order valence-electron chi connectivity index (χ0n) is 12.5. The van der Waals surface area contributed by atoms with Crippen molar-refractivity contribution < 1.29 is 0 Å². The van der Waals surface area contributed by atoms with Crippen molar-refractivity contribution in [1.29, 1.82) is 0 Å². The Hall–Kier alpha value is -1.56. The third-order valence-electron chi connectivity index (χ3n) is 3.13. The minimum atomic E-state index is 0. The van der Waals surface area contributed by atoms with E-state index in [4.69, 9.17) is 0 Å². The molecular formula is C17H22IN3. The lowest BCUT2D eigenvalue weighted by Gasteiger charge is -2.22. The van der Waals surface area contributed by atoms with Gasteiger partial charge in [-0.05, 0) is 11.1 Å². The first kappa shape index (κ1) is 17.5. The maximum absolute atomic E-state index is 4.33. The Morgan fingerprint density at radius 1 is 0.952 bits per heavy atom. The Balaban J connectivity index is 0.00000220. The summed E-state index contributed by atoms with van der Waals surface area (Å²) in [5.74, 6) is 0.901. The first-order chi connectivity index (χ1) is 9.79. The maximum atomic E-state index is 4.33. The number of aliphatic imine (C=N–C) groups is 1. The topological polar surface area (TPSA) is 27.6 Å². The van der Waals surface area contributed by atoms with Gasteiger partial charge in [0, 0.05) is 27.2 Å². The SMILES string of the molecule is CN=C(NCc1ccccc1)N(C)Cc1ccccc1.I. The smallest absolute Gasteiger partial charge is 0.193 e. The molecule has 112 valence electrons. The van der Waals surface area contributed by atoms with E-state index in [0.29, 0.717) is 0 Å². The summed E-state index contributed by atoms with van der Waals surface area (Å²) < 4.78 is 0. The molecule has 2 rings (SSSR count). The highest BCUT2D eigenvalue weighted by molar-refractivity contribution is 14.0. The van der Waals surface area contributed by atoms with Crippen molar-refractivity contribution in [3.63, 3.8) is 0 Å². The summed E-state index contributed by atoms with van der Waals surface area (Å²) in [6, 6.07) is 20.7. The quantitative estimate of drug-likeness (QED) is 0.488. The van der Waals surface area contributed by atoms with Crippen LogP contribution in [0.4, 0.5) is 0 Å². The monoisotopic (exact) mass is 395 g/mol. The molecular weight excluding hydrogens is 373 g/mol. The first-order valence-electron chi connectivity index (χ1n) is 6.79. The van der Waals surface area contributed by atoms with Crippen molar-refractivity contribution in [3.8, 4) is 0 Å². The van der Waals surface area contributed by atoms with Gasteiger partial charge in [0.1, 0.15) is 0 Å². The summed E-state index contributed by atoms with van der Waals surface area (Å²) in [5.41, 5.74) is 2.53. The molecule has 0 fully saturated rings. The van der Waals surface area contributed by atoms with Crippen LogP contribution in [0.1, 0.15) is 11.1 Å². The van der Waals surface area contributed by atoms with Crippen LogP contribution in [0.15, 0.2) is 65.7 Å². The molecule has 0 atom stereocenters. The fraction of sp³-hybridized carbons (Fsp3) is 0.235. The second kappa shape index (κ2) is 9.39. The molecule has 0 amide bonds. The standard InChI is InChI=1S/C17H21N3.HI/c1-18-17(19-13-15-9-5-3-6-10-15)20(2)14-16-11-7-4-8-12-16;/h3-12H,13-14H2,1-2H3,(H,18,19);1H. The molecule has 0 bridgehead atoms. The molecule has 0 unspecified atom stereocenters. The lowest BCUT2D eigenvalue weighted by atomic mass is 10.2. The van der Waals surface area contributed by atoms with E-state index < -0.39 is 0 Å². The van der Waals surface area contributed by atoms with Gasteiger partial charge in [-0.1, -0.05) is 60.7 Å². The predicted octanol–water partition coefficient (Wildman–Crippen LogP) is 3.51. The van der Waals surface area contributed by atoms with Gasteiger partial charge in [0.25, 0.3) is 0 Å². The van der Waals surface area contributed by atoms with Crippen LogP contribution < -0.4 is 5.32 Å². The minimum absolute atomic E-state index is 0. The van der Waals surface area contributed by atoms with Crippen molar-refractivity contribution in [2.24, 2.45) is 4.99 Å². The van der Waals surface area contributed by atoms with Gasteiger partial charge < -0.3 is 10.2 Å². The molecule has 2 aromatic carbocycles. The third kappa shape index (κ3) is 5.75. The fourth-order valence-corrected chi connectivity index (χ4v) is 2.09. The molecule has 1 N–H and O–H groups in total. The molecule has 0 aliphatic carbocycles. The molecule has 2 aromatic rings. The minimum Gasteiger partial charge on any atom is -0.352 e. The van der Waals surface area contributed by atoms with E-state index in [-0.39, 0.29) is 24.0 Å². The van der Waals surface area contributed by atoms with Gasteiger partial charge in [0.15, 0.2) is 5.96 Å². The number of hydrogen-bond donors (Lipinski definition) is 1. The van der Waals surface area contributed by atoms with Crippen LogP contribution in [0, 0.1) is 0 Å². The van der Waals surface area contributed by atoms with Crippen LogP contribution in [-0.4, -0.2) is 25.0 Å². The van der Waals surface area contributed by atoms with Gasteiger partial charge in [-0.2, -0.15) is 0 Å². The van der Waals surface area contributed by atoms with E-state index in [9.17, 15) is 0 Å². The molecule has 0 heterocycles. The summed E-state index contributed by atoms with van der Waals surface area (Å²) in [5, 5.41) is 3.38. The molecule has 0 aromatic heterocycles. The van der Waals surface area contributed by atoms with Gasteiger partial charge in [0.2, 0.25) is 0 Å². The van der Waals surface area contributed by atoms with Crippen molar-refractivity contribution >= 4 is 29.9 Å². The Bertz CT molecular complexity index is 540. The van der Waals surface area contributed by atoms with E-state index in [1.807, 2.05) is 38.4 Å². The average Bonchev–Trinajstić information content (AvgIpc) is 2.50. The largest absolute Gasteiger partial charge is 0.352 e. The van der Waals surface area contributed by atoms with Crippen molar-refractivity contribution in [3.05, 3.63) is 71.8 Å². The number of nitrogens with zero attached hydrogens (tertiary/aromatic N) is 2. The average molecular weight is 395 g/mol. The predicted molar refractivity (Wildman–Crippen MR) is 100.0 cm³/mol. The number of rotatable bonds is 4. The third-order valence-corrected chi connectivity index (χ3v) is 3.13. The fourth-order valence-electron chi connectivity index (χ4n) is 2.09. The molecule has 0 saturated heterocycles. The van der Waals surface area contributed by atoms with Gasteiger partial charge in [-0.15, -0.1) is 24.0 Å². The number of nitrogens with one attached hydrogen (secondary N) is 1. The van der Waals surface area contributed by atoms with Gasteiger partial charge in [-0.3, -0.25) is 4.99 Å². The Kier molecular flexibility index (Phi) is 7.82. The van der Waals surface area contributed by atoms with Gasteiger partial charge in [-0.25, -0.2) is 0 Å². The van der Waals surface area contributed by atoms with Crippen molar-refractivity contribution in [2.45, 2.75) is 13.1 Å². The molecule has 0 saturated carbocycles. The molecule has 0 radical (unpaired) electrons. The van der Waals surface area contributed by atoms with Crippen LogP contribution in [0.2, 0.25) is 0 Å². The number of hydrogen-bond acceptors (Lipinski definition) is 1. The summed E-state index contributed by atoms with van der Waals surface area (Å²) in [4.78, 5) is 6.45. The molecule has 3 nitrogen and oxygen atoms in total. The van der Waals surface area contributed by atoms with Crippen LogP contribution >= 0.6 is 24.0 Å². The van der Waals surface area contributed by atoms with Crippen LogP contribution in [0.3, 0.4) is 0 Å². The highest BCUT2D eigenvalue weighted by Crippen LogP contribution is 2.03. The summed E-state index contributed by atoms with van der Waals surface area (Å²) >= 11 is 0. The second-order valence-electron chi connectivity index (χ2n) is 4.73. The van der Waals surface area contributed by atoms with Gasteiger partial charge >= 0.3 is 0 Å². The van der Waals surface area contributed by atoms with Crippen LogP contribution in [0.5, 0.6) is 0 Å². The Morgan fingerprint density at radius 3 is 2.00 bits per heavy atom. The Labute approximate surface area is 144 Å². The normalized spacial score (nSPS) is 10.7. The van der Waals surface area contributed by atoms with E-state index in [1.54, 1.807) is 0 Å². The number of guanidine groups is 1. The first-order valence-corrected chi connectivity index (χ1v) is 6.79. The van der Waals surface area contributed by atoms with Crippen LogP contribution in [-0.2, 0) is 13.1 Å². The van der Waals surface area contributed by atoms with Crippen LogP contribution in [0.25, 0.3) is 0 Å². The zero-order chi connectivity index (χ0) is 14.2. The summed E-state index contributed by atoms with van der Waals surface area (Å²) in [7, 11) is 3.86. The zero-order valence-corrected chi connectivity index (χ0v) is 14.8. The molecule has 4 heteroatoms. The molecule has 21 heavy (non-hydrogen) atoms. The maximum Gasteiger partial charge on any atom is 0.193 e. The number of halogens is 1. The van der Waals surface area contributed by atoms with E-state index in [0.717, 1.165) is 19.0 Å². The van der Waals surface area contributed by atoms with Crippen molar-refractivity contribution in [1.82, 2.24) is 10.2 Å². The Morgan fingerprint density at radius 2 is 1.48 bits per heavy atom. The highest BCUT2D eigenvalue weighted by Gasteiger charge is 2.05. The highest BCUT2D eigenvalue weighted by atomic mass is 127. The van der Waals surface area contributed by atoms with Gasteiger partial charge in [0.05, 0.1) is 0 Å². The summed E-state index contributed by atoms with van der Waals surface area (Å²) in [6.07, 6.45) is 0. The molecule has 0 aliphatic heterocycles. The van der Waals surface area contributed by atoms with E-state index >= 15 is 0 Å². The van der Waals surface area contributed by atoms with E-state index in [2.05, 4.69) is 51.6 Å².